The van der Waals surface area contributed by atoms with Gasteiger partial charge in [0.15, 0.2) is 0 Å². The molecule has 1 aromatic carbocycles. The molecule has 1 aromatic rings. The summed E-state index contributed by atoms with van der Waals surface area (Å²) in [6.07, 6.45) is 14.3. The number of ether oxygens (including phenoxy) is 2. The van der Waals surface area contributed by atoms with Crippen molar-refractivity contribution < 1.29 is 14.3 Å². The van der Waals surface area contributed by atoms with Crippen LogP contribution in [0.3, 0.4) is 0 Å². The number of carbonyl (C=O) groups is 1. The van der Waals surface area contributed by atoms with Crippen LogP contribution in [0.25, 0.3) is 0 Å². The molecule has 0 aliphatic heterocycles. The number of amides is 1. The zero-order chi connectivity index (χ0) is 20.6. The Kier molecular flexibility index (Phi) is 13.2. The van der Waals surface area contributed by atoms with E-state index in [2.05, 4.69) is 19.2 Å². The van der Waals surface area contributed by atoms with Crippen molar-refractivity contribution in [3.05, 3.63) is 18.2 Å². The highest BCUT2D eigenvalue weighted by Crippen LogP contribution is 2.30. The molecule has 1 amide bonds. The van der Waals surface area contributed by atoms with Gasteiger partial charge in [-0.2, -0.15) is 0 Å². The molecule has 0 bridgehead atoms. The highest BCUT2D eigenvalue weighted by molar-refractivity contribution is 5.94. The van der Waals surface area contributed by atoms with Gasteiger partial charge in [0.2, 0.25) is 5.91 Å². The normalized spacial score (nSPS) is 11.9. The molecule has 0 aliphatic carbocycles. The van der Waals surface area contributed by atoms with Gasteiger partial charge in [-0.3, -0.25) is 4.79 Å². The molecule has 1 atom stereocenters. The number of carbonyl (C=O) groups excluding carboxylic acids is 1. The maximum atomic E-state index is 13.0. The SMILES string of the molecule is CCCCCCCCC(CCCCCC)C(=O)Nc1ccc(OC)cc1OC. The minimum absolute atomic E-state index is 0.0786. The number of nitrogens with one attached hydrogen (secondary N) is 1. The molecule has 1 N–H and O–H groups in total. The first-order chi connectivity index (χ1) is 13.7. The van der Waals surface area contributed by atoms with Gasteiger partial charge in [-0.1, -0.05) is 78.1 Å². The molecule has 0 aromatic heterocycles. The van der Waals surface area contributed by atoms with Crippen LogP contribution in [0, 0.1) is 5.92 Å². The van der Waals surface area contributed by atoms with Crippen LogP contribution in [0.2, 0.25) is 0 Å². The van der Waals surface area contributed by atoms with Gasteiger partial charge in [-0.15, -0.1) is 0 Å². The van der Waals surface area contributed by atoms with Gasteiger partial charge in [0, 0.05) is 12.0 Å². The molecule has 4 nitrogen and oxygen atoms in total. The van der Waals surface area contributed by atoms with E-state index in [-0.39, 0.29) is 11.8 Å². The Hall–Kier alpha value is -1.71. The van der Waals surface area contributed by atoms with E-state index >= 15 is 0 Å². The molecular formula is C24H41NO3. The molecule has 1 rings (SSSR count). The fourth-order valence-corrected chi connectivity index (χ4v) is 3.53. The van der Waals surface area contributed by atoms with E-state index in [1.807, 2.05) is 12.1 Å². The third-order valence-corrected chi connectivity index (χ3v) is 5.35. The fourth-order valence-electron chi connectivity index (χ4n) is 3.53. The molecule has 0 radical (unpaired) electrons. The van der Waals surface area contributed by atoms with Crippen molar-refractivity contribution in [1.29, 1.82) is 0 Å². The minimum Gasteiger partial charge on any atom is -0.497 e. The molecule has 4 heteroatoms. The molecular weight excluding hydrogens is 350 g/mol. The lowest BCUT2D eigenvalue weighted by atomic mass is 9.93. The zero-order valence-electron chi connectivity index (χ0n) is 18.5. The van der Waals surface area contributed by atoms with E-state index in [0.29, 0.717) is 5.75 Å². The largest absolute Gasteiger partial charge is 0.497 e. The summed E-state index contributed by atoms with van der Waals surface area (Å²) in [6, 6.07) is 5.51. The van der Waals surface area contributed by atoms with Crippen LogP contribution >= 0.6 is 0 Å². The van der Waals surface area contributed by atoms with Crippen molar-refractivity contribution in [3.8, 4) is 11.5 Å². The van der Waals surface area contributed by atoms with Crippen molar-refractivity contribution in [1.82, 2.24) is 0 Å². The number of benzene rings is 1. The summed E-state index contributed by atoms with van der Waals surface area (Å²) in [6.45, 7) is 4.46. The third-order valence-electron chi connectivity index (χ3n) is 5.35. The summed E-state index contributed by atoms with van der Waals surface area (Å²) in [7, 11) is 3.24. The van der Waals surface area contributed by atoms with Gasteiger partial charge in [-0.05, 0) is 25.0 Å². The summed E-state index contributed by atoms with van der Waals surface area (Å²) in [5.74, 6) is 1.55. The highest BCUT2D eigenvalue weighted by Gasteiger charge is 2.19. The van der Waals surface area contributed by atoms with E-state index in [1.165, 1.54) is 51.4 Å². The minimum atomic E-state index is 0.0786. The van der Waals surface area contributed by atoms with E-state index in [4.69, 9.17) is 9.47 Å². The molecule has 160 valence electrons. The van der Waals surface area contributed by atoms with Gasteiger partial charge >= 0.3 is 0 Å². The lowest BCUT2D eigenvalue weighted by molar-refractivity contribution is -0.120. The molecule has 1 unspecified atom stereocenters. The van der Waals surface area contributed by atoms with Crippen LogP contribution in [-0.2, 0) is 4.79 Å². The Morgan fingerprint density at radius 3 is 2.00 bits per heavy atom. The van der Waals surface area contributed by atoms with Crippen LogP contribution in [0.1, 0.15) is 90.9 Å². The van der Waals surface area contributed by atoms with E-state index in [0.717, 1.165) is 37.1 Å². The zero-order valence-corrected chi connectivity index (χ0v) is 18.5. The van der Waals surface area contributed by atoms with Crippen LogP contribution in [-0.4, -0.2) is 20.1 Å². The first-order valence-corrected chi connectivity index (χ1v) is 11.2. The Bertz CT molecular complexity index is 545. The molecule has 0 saturated heterocycles. The second kappa shape index (κ2) is 15.2. The van der Waals surface area contributed by atoms with Crippen LogP contribution < -0.4 is 14.8 Å². The summed E-state index contributed by atoms with van der Waals surface area (Å²) < 4.78 is 10.7. The number of methoxy groups -OCH3 is 2. The smallest absolute Gasteiger partial charge is 0.227 e. The summed E-state index contributed by atoms with van der Waals surface area (Å²) >= 11 is 0. The number of hydrogen-bond donors (Lipinski definition) is 1. The second-order valence-corrected chi connectivity index (χ2v) is 7.66. The van der Waals surface area contributed by atoms with Gasteiger partial charge in [-0.25, -0.2) is 0 Å². The number of hydrogen-bond acceptors (Lipinski definition) is 3. The third kappa shape index (κ3) is 9.48. The number of anilines is 1. The van der Waals surface area contributed by atoms with Crippen LogP contribution in [0.15, 0.2) is 18.2 Å². The lowest BCUT2D eigenvalue weighted by Crippen LogP contribution is -2.23. The Balaban J connectivity index is 2.63. The lowest BCUT2D eigenvalue weighted by Gasteiger charge is -2.18. The van der Waals surface area contributed by atoms with Gasteiger partial charge in [0.25, 0.3) is 0 Å². The fraction of sp³-hybridized carbons (Fsp3) is 0.708. The monoisotopic (exact) mass is 391 g/mol. The quantitative estimate of drug-likeness (QED) is 0.309. The van der Waals surface area contributed by atoms with Crippen molar-refractivity contribution in [2.24, 2.45) is 5.92 Å². The van der Waals surface area contributed by atoms with Gasteiger partial charge in [0.1, 0.15) is 11.5 Å². The topological polar surface area (TPSA) is 47.6 Å². The number of rotatable bonds is 16. The summed E-state index contributed by atoms with van der Waals surface area (Å²) in [4.78, 5) is 13.0. The highest BCUT2D eigenvalue weighted by atomic mass is 16.5. The maximum absolute atomic E-state index is 13.0. The Morgan fingerprint density at radius 2 is 1.43 bits per heavy atom. The van der Waals surface area contributed by atoms with Crippen molar-refractivity contribution >= 4 is 11.6 Å². The van der Waals surface area contributed by atoms with Crippen molar-refractivity contribution in [2.75, 3.05) is 19.5 Å². The molecule has 0 heterocycles. The van der Waals surface area contributed by atoms with Crippen LogP contribution in [0.5, 0.6) is 11.5 Å². The van der Waals surface area contributed by atoms with Gasteiger partial charge in [0.05, 0.1) is 19.9 Å². The Labute approximate surface area is 172 Å². The molecule has 0 aliphatic rings. The predicted octanol–water partition coefficient (Wildman–Crippen LogP) is 6.98. The van der Waals surface area contributed by atoms with Crippen molar-refractivity contribution in [2.45, 2.75) is 90.9 Å². The predicted molar refractivity (Wildman–Crippen MR) is 118 cm³/mol. The number of unbranched alkanes of at least 4 members (excludes halogenated alkanes) is 8. The summed E-state index contributed by atoms with van der Waals surface area (Å²) in [5, 5.41) is 3.10. The van der Waals surface area contributed by atoms with Crippen molar-refractivity contribution in [3.63, 3.8) is 0 Å². The average Bonchev–Trinajstić information content (AvgIpc) is 2.72. The van der Waals surface area contributed by atoms with E-state index < -0.39 is 0 Å². The molecule has 0 saturated carbocycles. The maximum Gasteiger partial charge on any atom is 0.227 e. The van der Waals surface area contributed by atoms with Gasteiger partial charge < -0.3 is 14.8 Å². The van der Waals surface area contributed by atoms with Crippen LogP contribution in [0.4, 0.5) is 5.69 Å². The standard InChI is InChI=1S/C24H41NO3/c1-5-7-9-11-12-14-16-20(15-13-10-8-6-2)24(26)25-22-18-17-21(27-3)19-23(22)28-4/h17-20H,5-16H2,1-4H3,(H,25,26). The first-order valence-electron chi connectivity index (χ1n) is 11.2. The first kappa shape index (κ1) is 24.3. The Morgan fingerprint density at radius 1 is 0.857 bits per heavy atom. The molecule has 0 fully saturated rings. The second-order valence-electron chi connectivity index (χ2n) is 7.66. The average molecular weight is 392 g/mol. The summed E-state index contributed by atoms with van der Waals surface area (Å²) in [5.41, 5.74) is 0.717. The molecule has 28 heavy (non-hydrogen) atoms. The van der Waals surface area contributed by atoms with E-state index in [9.17, 15) is 4.79 Å². The van der Waals surface area contributed by atoms with E-state index in [1.54, 1.807) is 20.3 Å². The molecule has 0 spiro atoms.